The number of hydrogen-bond acceptors (Lipinski definition) is 10. The van der Waals surface area contributed by atoms with Crippen LogP contribution in [0.5, 0.6) is 5.75 Å². The Kier molecular flexibility index (Phi) is 10.1. The van der Waals surface area contributed by atoms with Crippen LogP contribution < -0.4 is 26.4 Å². The zero-order valence-electron chi connectivity index (χ0n) is 18.8. The molecule has 5 N–H and O–H groups in total. The van der Waals surface area contributed by atoms with E-state index in [1.54, 1.807) is 7.11 Å². The molecular formula is C23H31N7O3. The molecule has 0 aliphatic carbocycles. The minimum absolute atomic E-state index is 0.437. The van der Waals surface area contributed by atoms with Gasteiger partial charge >= 0.3 is 0 Å². The first-order chi connectivity index (χ1) is 16.3. The molecule has 0 saturated carbocycles. The fourth-order valence-electron chi connectivity index (χ4n) is 2.81. The highest BCUT2D eigenvalue weighted by Crippen LogP contribution is 2.17. The number of methoxy groups -OCH3 is 1. The Morgan fingerprint density at radius 2 is 1.42 bits per heavy atom. The average Bonchev–Trinajstić information content (AvgIpc) is 2.85. The van der Waals surface area contributed by atoms with E-state index in [1.165, 1.54) is 0 Å². The minimum atomic E-state index is 0.437. The normalized spacial score (nSPS) is 10.6. The van der Waals surface area contributed by atoms with Crippen molar-refractivity contribution in [3.8, 4) is 5.75 Å². The quantitative estimate of drug-likeness (QED) is 0.255. The Bertz CT molecular complexity index is 943. The van der Waals surface area contributed by atoms with Gasteiger partial charge in [0.15, 0.2) is 0 Å². The molecule has 0 unspecified atom stereocenters. The Morgan fingerprint density at radius 3 is 2.12 bits per heavy atom. The summed E-state index contributed by atoms with van der Waals surface area (Å²) in [4.78, 5) is 13.4. The first-order valence-electron chi connectivity index (χ1n) is 10.8. The maximum Gasteiger partial charge on any atom is 0.233 e. The summed E-state index contributed by atoms with van der Waals surface area (Å²) in [5.74, 6) is 2.15. The van der Waals surface area contributed by atoms with Gasteiger partial charge in [-0.05, 0) is 29.8 Å². The molecule has 10 heteroatoms. The van der Waals surface area contributed by atoms with Crippen LogP contribution in [-0.4, -0.2) is 61.6 Å². The summed E-state index contributed by atoms with van der Waals surface area (Å²) >= 11 is 0. The first kappa shape index (κ1) is 24.2. The molecule has 1 aromatic heterocycles. The average molecular weight is 454 g/mol. The second-order valence-electron chi connectivity index (χ2n) is 6.94. The highest BCUT2D eigenvalue weighted by Gasteiger charge is 2.07. The van der Waals surface area contributed by atoms with Crippen LogP contribution in [0.3, 0.4) is 0 Å². The monoisotopic (exact) mass is 453 g/mol. The molecule has 0 amide bonds. The molecule has 1 heterocycles. The van der Waals surface area contributed by atoms with Crippen molar-refractivity contribution in [1.82, 2.24) is 15.0 Å². The van der Waals surface area contributed by atoms with Crippen LogP contribution in [0, 0.1) is 0 Å². The van der Waals surface area contributed by atoms with Crippen molar-refractivity contribution in [2.24, 2.45) is 5.73 Å². The van der Waals surface area contributed by atoms with E-state index < -0.39 is 0 Å². The van der Waals surface area contributed by atoms with Crippen molar-refractivity contribution in [2.75, 3.05) is 62.6 Å². The molecule has 0 spiro atoms. The Balaban J connectivity index is 1.59. The van der Waals surface area contributed by atoms with Gasteiger partial charge in [-0.15, -0.1) is 0 Å². The van der Waals surface area contributed by atoms with Gasteiger partial charge in [0.25, 0.3) is 0 Å². The molecule has 0 fully saturated rings. The summed E-state index contributed by atoms with van der Waals surface area (Å²) in [6.45, 7) is 3.68. The van der Waals surface area contributed by atoms with Crippen LogP contribution in [-0.2, 0) is 16.0 Å². The van der Waals surface area contributed by atoms with E-state index in [-0.39, 0.29) is 0 Å². The third-order valence-electron chi connectivity index (χ3n) is 4.44. The predicted molar refractivity (Wildman–Crippen MR) is 129 cm³/mol. The van der Waals surface area contributed by atoms with Gasteiger partial charge in [-0.3, -0.25) is 0 Å². The lowest BCUT2D eigenvalue weighted by atomic mass is 10.2. The highest BCUT2D eigenvalue weighted by atomic mass is 16.5. The molecule has 176 valence electrons. The maximum atomic E-state index is 5.54. The SMILES string of the molecule is COc1ccc(CNc2nc(NCCOCCOCCN)nc(Nc3ccccc3)n2)cc1. The van der Waals surface area contributed by atoms with E-state index in [0.29, 0.717) is 63.9 Å². The Morgan fingerprint density at radius 1 is 0.758 bits per heavy atom. The van der Waals surface area contributed by atoms with Gasteiger partial charge in [-0.2, -0.15) is 15.0 Å². The summed E-state index contributed by atoms with van der Waals surface area (Å²) in [6, 6.07) is 17.5. The maximum absolute atomic E-state index is 5.54. The van der Waals surface area contributed by atoms with Gasteiger partial charge < -0.3 is 35.9 Å². The number of aromatic nitrogens is 3. The van der Waals surface area contributed by atoms with E-state index in [9.17, 15) is 0 Å². The van der Waals surface area contributed by atoms with Crippen molar-refractivity contribution >= 4 is 23.5 Å². The summed E-state index contributed by atoms with van der Waals surface area (Å²) in [6.07, 6.45) is 0. The number of nitrogens with one attached hydrogen (secondary N) is 3. The van der Waals surface area contributed by atoms with Gasteiger partial charge in [0, 0.05) is 25.3 Å². The van der Waals surface area contributed by atoms with Crippen LogP contribution >= 0.6 is 0 Å². The number of ether oxygens (including phenoxy) is 3. The molecule has 0 saturated heterocycles. The van der Waals surface area contributed by atoms with Gasteiger partial charge in [0.2, 0.25) is 17.8 Å². The number of para-hydroxylation sites is 1. The third-order valence-corrected chi connectivity index (χ3v) is 4.44. The van der Waals surface area contributed by atoms with Crippen LogP contribution in [0.2, 0.25) is 0 Å². The fourth-order valence-corrected chi connectivity index (χ4v) is 2.81. The Hall–Kier alpha value is -3.47. The molecule has 3 rings (SSSR count). The van der Waals surface area contributed by atoms with E-state index in [4.69, 9.17) is 19.9 Å². The number of rotatable bonds is 15. The smallest absolute Gasteiger partial charge is 0.233 e. The van der Waals surface area contributed by atoms with E-state index in [2.05, 4.69) is 30.9 Å². The van der Waals surface area contributed by atoms with E-state index >= 15 is 0 Å². The van der Waals surface area contributed by atoms with Gasteiger partial charge in [-0.25, -0.2) is 0 Å². The number of benzene rings is 2. The van der Waals surface area contributed by atoms with E-state index in [0.717, 1.165) is 17.0 Å². The van der Waals surface area contributed by atoms with Crippen LogP contribution in [0.15, 0.2) is 54.6 Å². The summed E-state index contributed by atoms with van der Waals surface area (Å²) in [7, 11) is 1.65. The molecule has 0 aliphatic rings. The summed E-state index contributed by atoms with van der Waals surface area (Å²) in [5.41, 5.74) is 7.35. The molecule has 0 atom stereocenters. The zero-order chi connectivity index (χ0) is 23.1. The second-order valence-corrected chi connectivity index (χ2v) is 6.94. The number of hydrogen-bond donors (Lipinski definition) is 4. The second kappa shape index (κ2) is 13.8. The van der Waals surface area contributed by atoms with Crippen molar-refractivity contribution < 1.29 is 14.2 Å². The molecular weight excluding hydrogens is 422 g/mol. The Labute approximate surface area is 193 Å². The standard InChI is InChI=1S/C23H31N7O3/c1-31-20-9-7-18(8-10-20)17-26-22-28-21(25-12-14-33-16-15-32-13-11-24)29-23(30-22)27-19-5-3-2-4-6-19/h2-10H,11-17,24H2,1H3,(H3,25,26,27,28,29,30). The topological polar surface area (TPSA) is 128 Å². The lowest BCUT2D eigenvalue weighted by Gasteiger charge is -2.12. The molecule has 33 heavy (non-hydrogen) atoms. The number of nitrogens with zero attached hydrogens (tertiary/aromatic N) is 3. The molecule has 0 bridgehead atoms. The summed E-state index contributed by atoms with van der Waals surface area (Å²) in [5, 5.41) is 9.65. The van der Waals surface area contributed by atoms with Crippen LogP contribution in [0.25, 0.3) is 0 Å². The predicted octanol–water partition coefficient (Wildman–Crippen LogP) is 2.64. The highest BCUT2D eigenvalue weighted by molar-refractivity contribution is 5.55. The van der Waals surface area contributed by atoms with Crippen molar-refractivity contribution in [1.29, 1.82) is 0 Å². The van der Waals surface area contributed by atoms with Crippen molar-refractivity contribution in [2.45, 2.75) is 6.54 Å². The minimum Gasteiger partial charge on any atom is -0.497 e. The first-order valence-corrected chi connectivity index (χ1v) is 10.8. The lowest BCUT2D eigenvalue weighted by Crippen LogP contribution is -2.17. The fraction of sp³-hybridized carbons (Fsp3) is 0.348. The lowest BCUT2D eigenvalue weighted by molar-refractivity contribution is 0.0547. The molecule has 2 aromatic carbocycles. The van der Waals surface area contributed by atoms with Crippen molar-refractivity contribution in [3.05, 3.63) is 60.2 Å². The van der Waals surface area contributed by atoms with Crippen molar-refractivity contribution in [3.63, 3.8) is 0 Å². The molecule has 3 aromatic rings. The third kappa shape index (κ3) is 8.89. The van der Waals surface area contributed by atoms with Gasteiger partial charge in [0.1, 0.15) is 5.75 Å². The zero-order valence-corrected chi connectivity index (χ0v) is 18.8. The molecule has 0 radical (unpaired) electrons. The van der Waals surface area contributed by atoms with Gasteiger partial charge in [-0.1, -0.05) is 30.3 Å². The van der Waals surface area contributed by atoms with E-state index in [1.807, 2.05) is 54.6 Å². The summed E-state index contributed by atoms with van der Waals surface area (Å²) < 4.78 is 16.0. The molecule has 10 nitrogen and oxygen atoms in total. The number of anilines is 4. The van der Waals surface area contributed by atoms with Crippen LogP contribution in [0.1, 0.15) is 5.56 Å². The largest absolute Gasteiger partial charge is 0.497 e. The number of nitrogens with two attached hydrogens (primary N) is 1. The molecule has 0 aliphatic heterocycles. The van der Waals surface area contributed by atoms with Crippen LogP contribution in [0.4, 0.5) is 23.5 Å². The van der Waals surface area contributed by atoms with Gasteiger partial charge in [0.05, 0.1) is 33.5 Å².